The van der Waals surface area contributed by atoms with Gasteiger partial charge in [0.25, 0.3) is 0 Å². The van der Waals surface area contributed by atoms with E-state index in [1.54, 1.807) is 23.1 Å². The third-order valence-corrected chi connectivity index (χ3v) is 7.47. The summed E-state index contributed by atoms with van der Waals surface area (Å²) in [6, 6.07) is 12.6. The molecule has 0 saturated carbocycles. The minimum Gasteiger partial charge on any atom is -0.379 e. The first kappa shape index (κ1) is 25.0. The van der Waals surface area contributed by atoms with E-state index in [0.29, 0.717) is 13.0 Å². The number of thiazole rings is 1. The van der Waals surface area contributed by atoms with Gasteiger partial charge in [-0.05, 0) is 49.4 Å². The molecule has 172 valence electrons. The Kier molecular flexibility index (Phi) is 8.96. The predicted molar refractivity (Wildman–Crippen MR) is 138 cm³/mol. The Morgan fingerprint density at radius 1 is 1.19 bits per heavy atom. The Bertz CT molecular complexity index is 1070. The molecule has 0 atom stereocenters. The van der Waals surface area contributed by atoms with Gasteiger partial charge in [-0.2, -0.15) is 0 Å². The van der Waals surface area contributed by atoms with Crippen molar-refractivity contribution in [2.45, 2.75) is 25.2 Å². The molecule has 0 spiro atoms. The molecule has 5 nitrogen and oxygen atoms in total. The number of rotatable bonds is 7. The lowest BCUT2D eigenvalue weighted by Crippen LogP contribution is -2.43. The largest absolute Gasteiger partial charge is 0.379 e. The van der Waals surface area contributed by atoms with E-state index >= 15 is 0 Å². The molecule has 1 amide bonds. The van der Waals surface area contributed by atoms with Gasteiger partial charge in [0.2, 0.25) is 5.91 Å². The monoisotopic (exact) mass is 491 g/mol. The van der Waals surface area contributed by atoms with Crippen LogP contribution in [0.25, 0.3) is 10.2 Å². The fraction of sp³-hybridized carbons (Fsp3) is 0.417. The van der Waals surface area contributed by atoms with Gasteiger partial charge in [-0.1, -0.05) is 35.1 Å². The Labute approximate surface area is 204 Å². The van der Waals surface area contributed by atoms with E-state index in [0.717, 1.165) is 59.3 Å². The second-order valence-electron chi connectivity index (χ2n) is 7.94. The number of ether oxygens (including phenoxy) is 1. The first-order valence-electron chi connectivity index (χ1n) is 10.6. The van der Waals surface area contributed by atoms with Crippen molar-refractivity contribution in [1.29, 1.82) is 0 Å². The molecule has 2 aromatic carbocycles. The van der Waals surface area contributed by atoms with Crippen LogP contribution in [0.3, 0.4) is 0 Å². The number of carbonyl (C=O) groups excluding carboxylic acids is 1. The normalized spacial score (nSPS) is 14.3. The van der Waals surface area contributed by atoms with Crippen LogP contribution in [0.15, 0.2) is 41.3 Å². The molecular formula is C24H30ClN3O2S2. The SMILES string of the molecule is CSc1ccc2nc(N(CCN3CCOCC3)C(=O)Cc3ccc(C)cc3C)sc2c1.Cl. The molecule has 1 aliphatic rings. The number of aryl methyl sites for hydroxylation is 2. The molecule has 1 aliphatic heterocycles. The number of aromatic nitrogens is 1. The third kappa shape index (κ3) is 6.02. The number of hydrogen-bond acceptors (Lipinski definition) is 6. The van der Waals surface area contributed by atoms with Crippen molar-refractivity contribution in [2.24, 2.45) is 0 Å². The number of fused-ring (bicyclic) bond motifs is 1. The molecular weight excluding hydrogens is 462 g/mol. The Balaban J connectivity index is 0.00000289. The van der Waals surface area contributed by atoms with Crippen LogP contribution in [0, 0.1) is 13.8 Å². The van der Waals surface area contributed by atoms with Crippen LogP contribution in [0.2, 0.25) is 0 Å². The van der Waals surface area contributed by atoms with Crippen molar-refractivity contribution in [3.8, 4) is 0 Å². The van der Waals surface area contributed by atoms with Gasteiger partial charge in [-0.25, -0.2) is 4.98 Å². The summed E-state index contributed by atoms with van der Waals surface area (Å²) in [5, 5.41) is 0.788. The average molecular weight is 492 g/mol. The zero-order valence-electron chi connectivity index (χ0n) is 18.8. The van der Waals surface area contributed by atoms with Gasteiger partial charge in [-0.15, -0.1) is 24.2 Å². The van der Waals surface area contributed by atoms with Crippen molar-refractivity contribution in [3.63, 3.8) is 0 Å². The van der Waals surface area contributed by atoms with Gasteiger partial charge in [0.15, 0.2) is 5.13 Å². The van der Waals surface area contributed by atoms with Crippen LogP contribution in [0.1, 0.15) is 16.7 Å². The molecule has 0 bridgehead atoms. The summed E-state index contributed by atoms with van der Waals surface area (Å²) in [7, 11) is 0. The van der Waals surface area contributed by atoms with Crippen LogP contribution >= 0.6 is 35.5 Å². The molecule has 0 N–H and O–H groups in total. The van der Waals surface area contributed by atoms with Crippen LogP contribution in [-0.2, 0) is 16.0 Å². The highest BCUT2D eigenvalue weighted by atomic mass is 35.5. The molecule has 0 aliphatic carbocycles. The van der Waals surface area contributed by atoms with E-state index < -0.39 is 0 Å². The first-order valence-corrected chi connectivity index (χ1v) is 12.7. The maximum absolute atomic E-state index is 13.5. The second-order valence-corrected chi connectivity index (χ2v) is 9.82. The third-order valence-electron chi connectivity index (χ3n) is 5.70. The number of morpholine rings is 1. The highest BCUT2D eigenvalue weighted by Gasteiger charge is 2.22. The maximum atomic E-state index is 13.5. The van der Waals surface area contributed by atoms with E-state index in [1.165, 1.54) is 10.5 Å². The minimum atomic E-state index is 0. The van der Waals surface area contributed by atoms with E-state index in [9.17, 15) is 4.79 Å². The molecule has 0 unspecified atom stereocenters. The summed E-state index contributed by atoms with van der Waals surface area (Å²) in [6.45, 7) is 8.97. The van der Waals surface area contributed by atoms with Gasteiger partial charge >= 0.3 is 0 Å². The number of benzene rings is 2. The van der Waals surface area contributed by atoms with Crippen molar-refractivity contribution < 1.29 is 9.53 Å². The molecule has 3 aromatic rings. The van der Waals surface area contributed by atoms with Crippen LogP contribution in [-0.4, -0.2) is 61.4 Å². The number of thioether (sulfide) groups is 1. The van der Waals surface area contributed by atoms with Gasteiger partial charge in [0.1, 0.15) is 0 Å². The summed E-state index contributed by atoms with van der Waals surface area (Å²) < 4.78 is 6.59. The number of halogens is 1. The summed E-state index contributed by atoms with van der Waals surface area (Å²) in [5.41, 5.74) is 4.41. The summed E-state index contributed by atoms with van der Waals surface area (Å²) in [5.74, 6) is 0.101. The molecule has 0 radical (unpaired) electrons. The van der Waals surface area contributed by atoms with Gasteiger partial charge < -0.3 is 4.74 Å². The lowest BCUT2D eigenvalue weighted by atomic mass is 10.0. The lowest BCUT2D eigenvalue weighted by Gasteiger charge is -2.29. The fourth-order valence-electron chi connectivity index (χ4n) is 3.83. The van der Waals surface area contributed by atoms with Crippen molar-refractivity contribution in [2.75, 3.05) is 50.5 Å². The number of nitrogens with zero attached hydrogens (tertiary/aromatic N) is 3. The van der Waals surface area contributed by atoms with Gasteiger partial charge in [-0.3, -0.25) is 14.6 Å². The van der Waals surface area contributed by atoms with E-state index in [2.05, 4.69) is 61.4 Å². The molecule has 8 heteroatoms. The quantitative estimate of drug-likeness (QED) is 0.437. The minimum absolute atomic E-state index is 0. The summed E-state index contributed by atoms with van der Waals surface area (Å²) in [4.78, 5) is 23.8. The number of anilines is 1. The molecule has 2 heterocycles. The zero-order chi connectivity index (χ0) is 21.8. The van der Waals surface area contributed by atoms with Gasteiger partial charge in [0.05, 0.1) is 29.9 Å². The van der Waals surface area contributed by atoms with Crippen molar-refractivity contribution >= 4 is 56.8 Å². The Morgan fingerprint density at radius 3 is 2.69 bits per heavy atom. The van der Waals surface area contributed by atoms with E-state index in [1.807, 2.05) is 4.90 Å². The number of hydrogen-bond donors (Lipinski definition) is 0. The lowest BCUT2D eigenvalue weighted by molar-refractivity contribution is -0.118. The van der Waals surface area contributed by atoms with Crippen LogP contribution < -0.4 is 4.90 Å². The average Bonchev–Trinajstić information content (AvgIpc) is 3.19. The predicted octanol–water partition coefficient (Wildman–Crippen LogP) is 4.96. The number of amides is 1. The molecule has 32 heavy (non-hydrogen) atoms. The molecule has 1 saturated heterocycles. The number of carbonyl (C=O) groups is 1. The standard InChI is InChI=1S/C24H29N3O2S2.ClH/c1-17-4-5-19(18(2)14-17)15-23(28)27(9-8-26-10-12-29-13-11-26)24-25-21-7-6-20(30-3)16-22(21)31-24;/h4-7,14,16H,8-13,15H2,1-3H3;1H. The van der Waals surface area contributed by atoms with Crippen LogP contribution in [0.5, 0.6) is 0 Å². The highest BCUT2D eigenvalue weighted by molar-refractivity contribution is 7.98. The Morgan fingerprint density at radius 2 is 1.97 bits per heavy atom. The van der Waals surface area contributed by atoms with E-state index in [-0.39, 0.29) is 18.3 Å². The maximum Gasteiger partial charge on any atom is 0.233 e. The topological polar surface area (TPSA) is 45.7 Å². The Hall–Kier alpha value is -1.64. The highest BCUT2D eigenvalue weighted by Crippen LogP contribution is 2.32. The zero-order valence-corrected chi connectivity index (χ0v) is 21.2. The smallest absolute Gasteiger partial charge is 0.233 e. The molecule has 1 aromatic heterocycles. The molecule has 4 rings (SSSR count). The fourth-order valence-corrected chi connectivity index (χ4v) is 5.39. The first-order chi connectivity index (χ1) is 15.0. The van der Waals surface area contributed by atoms with Gasteiger partial charge in [0, 0.05) is 31.1 Å². The second kappa shape index (κ2) is 11.5. The summed E-state index contributed by atoms with van der Waals surface area (Å²) in [6.07, 6.45) is 2.46. The van der Waals surface area contributed by atoms with E-state index in [4.69, 9.17) is 9.72 Å². The van der Waals surface area contributed by atoms with Crippen LogP contribution in [0.4, 0.5) is 5.13 Å². The van der Waals surface area contributed by atoms with Crippen molar-refractivity contribution in [3.05, 3.63) is 53.1 Å². The molecule has 1 fully saturated rings. The van der Waals surface area contributed by atoms with Crippen molar-refractivity contribution in [1.82, 2.24) is 9.88 Å². The summed E-state index contributed by atoms with van der Waals surface area (Å²) >= 11 is 3.33.